The normalized spacial score (nSPS) is 14.3. The van der Waals surface area contributed by atoms with Crippen molar-refractivity contribution in [2.45, 2.75) is 13.0 Å². The van der Waals surface area contributed by atoms with E-state index in [9.17, 15) is 14.4 Å². The van der Waals surface area contributed by atoms with Gasteiger partial charge in [0.25, 0.3) is 5.91 Å². The Bertz CT molecular complexity index is 1160. The lowest BCUT2D eigenvalue weighted by atomic mass is 10.2. The zero-order valence-electron chi connectivity index (χ0n) is 17.7. The van der Waals surface area contributed by atoms with Crippen molar-refractivity contribution in [1.29, 1.82) is 0 Å². The van der Waals surface area contributed by atoms with Crippen molar-refractivity contribution in [1.82, 2.24) is 0 Å². The van der Waals surface area contributed by atoms with E-state index < -0.39 is 30.6 Å². The van der Waals surface area contributed by atoms with Crippen molar-refractivity contribution < 1.29 is 33.3 Å². The second-order valence-corrected chi connectivity index (χ2v) is 8.01. The zero-order chi connectivity index (χ0) is 23.2. The van der Waals surface area contributed by atoms with E-state index in [1.54, 1.807) is 37.3 Å². The summed E-state index contributed by atoms with van der Waals surface area (Å²) in [6, 6.07) is 18.1. The van der Waals surface area contributed by atoms with Crippen molar-refractivity contribution in [3.8, 4) is 21.9 Å². The molecule has 33 heavy (non-hydrogen) atoms. The number of nitrogens with one attached hydrogen (secondary N) is 1. The van der Waals surface area contributed by atoms with Crippen LogP contribution in [0.4, 0.5) is 5.69 Å². The lowest BCUT2D eigenvalue weighted by Gasteiger charge is -2.24. The highest BCUT2D eigenvalue weighted by molar-refractivity contribution is 7.18. The molecule has 0 spiro atoms. The summed E-state index contributed by atoms with van der Waals surface area (Å²) < 4.78 is 21.3. The molecule has 3 aromatic rings. The first-order valence-electron chi connectivity index (χ1n) is 10.3. The molecule has 0 unspecified atom stereocenters. The fourth-order valence-corrected chi connectivity index (χ4v) is 4.14. The van der Waals surface area contributed by atoms with E-state index in [2.05, 4.69) is 5.32 Å². The van der Waals surface area contributed by atoms with Gasteiger partial charge in [-0.25, -0.2) is 9.59 Å². The van der Waals surface area contributed by atoms with Crippen LogP contribution in [0.25, 0.3) is 10.4 Å². The molecule has 0 saturated carbocycles. The first-order chi connectivity index (χ1) is 16.0. The van der Waals surface area contributed by atoms with Gasteiger partial charge in [0, 0.05) is 4.88 Å². The predicted molar refractivity (Wildman–Crippen MR) is 122 cm³/mol. The number of amides is 1. The lowest BCUT2D eigenvalue weighted by Crippen LogP contribution is -2.39. The number of carbonyl (C=O) groups is 3. The van der Waals surface area contributed by atoms with E-state index in [0.717, 1.165) is 10.4 Å². The van der Waals surface area contributed by atoms with Gasteiger partial charge in [-0.3, -0.25) is 4.79 Å². The molecule has 0 saturated heterocycles. The van der Waals surface area contributed by atoms with E-state index in [1.165, 1.54) is 11.3 Å². The number of benzene rings is 2. The molecule has 0 bridgehead atoms. The largest absolute Gasteiger partial charge is 0.485 e. The molecule has 1 aromatic heterocycles. The van der Waals surface area contributed by atoms with E-state index >= 15 is 0 Å². The number of hydrogen-bond acceptors (Lipinski definition) is 8. The summed E-state index contributed by atoms with van der Waals surface area (Å²) in [7, 11) is 0. The molecule has 0 aliphatic carbocycles. The van der Waals surface area contributed by atoms with Crippen LogP contribution in [0.2, 0.25) is 0 Å². The Morgan fingerprint density at radius 1 is 1.03 bits per heavy atom. The van der Waals surface area contributed by atoms with E-state index in [1.807, 2.05) is 30.3 Å². The Kier molecular flexibility index (Phi) is 6.89. The average molecular weight is 467 g/mol. The van der Waals surface area contributed by atoms with Crippen LogP contribution < -0.4 is 14.8 Å². The molecule has 170 valence electrons. The highest BCUT2D eigenvalue weighted by Crippen LogP contribution is 2.35. The zero-order valence-corrected chi connectivity index (χ0v) is 18.6. The Morgan fingerprint density at radius 2 is 1.76 bits per heavy atom. The second kappa shape index (κ2) is 10.2. The first kappa shape index (κ1) is 22.3. The standard InChI is InChI=1S/C24H21NO7S/c1-2-29-24(28)22-16(12-20(33-22)15-8-4-3-5-9-15)25-21(26)14-31-23(27)19-13-30-17-10-6-7-11-18(17)32-19/h3-12,19H,2,13-14H2,1H3,(H,25,26)/t19-/m1/s1. The number of rotatable bonds is 7. The smallest absolute Gasteiger partial charge is 0.351 e. The summed E-state index contributed by atoms with van der Waals surface area (Å²) in [6.45, 7) is 1.35. The third kappa shape index (κ3) is 5.32. The van der Waals surface area contributed by atoms with Crippen molar-refractivity contribution >= 4 is 34.9 Å². The minimum Gasteiger partial charge on any atom is -0.485 e. The molecule has 1 N–H and O–H groups in total. The molecule has 0 radical (unpaired) electrons. The Balaban J connectivity index is 1.40. The van der Waals surface area contributed by atoms with E-state index in [-0.39, 0.29) is 18.1 Å². The number of thiophene rings is 1. The van der Waals surface area contributed by atoms with Gasteiger partial charge in [0.2, 0.25) is 6.10 Å². The van der Waals surface area contributed by atoms with Gasteiger partial charge in [-0.2, -0.15) is 0 Å². The van der Waals surface area contributed by atoms with Gasteiger partial charge >= 0.3 is 11.9 Å². The maximum absolute atomic E-state index is 12.5. The summed E-state index contributed by atoms with van der Waals surface area (Å²) in [4.78, 5) is 38.2. The highest BCUT2D eigenvalue weighted by atomic mass is 32.1. The third-order valence-corrected chi connectivity index (χ3v) is 5.81. The molecule has 1 aliphatic rings. The fourth-order valence-electron chi connectivity index (χ4n) is 3.13. The molecule has 4 rings (SSSR count). The second-order valence-electron chi connectivity index (χ2n) is 6.96. The molecule has 8 nitrogen and oxygen atoms in total. The number of anilines is 1. The summed E-state index contributed by atoms with van der Waals surface area (Å²) in [5.74, 6) is -0.884. The van der Waals surface area contributed by atoms with Crippen molar-refractivity contribution in [2.75, 3.05) is 25.1 Å². The van der Waals surface area contributed by atoms with Crippen LogP contribution in [0.1, 0.15) is 16.6 Å². The molecule has 1 aliphatic heterocycles. The van der Waals surface area contributed by atoms with Crippen LogP contribution in [0, 0.1) is 0 Å². The number of fused-ring (bicyclic) bond motifs is 1. The number of esters is 2. The van der Waals surface area contributed by atoms with E-state index in [4.69, 9.17) is 18.9 Å². The topological polar surface area (TPSA) is 100 Å². The average Bonchev–Trinajstić information content (AvgIpc) is 3.26. The summed E-state index contributed by atoms with van der Waals surface area (Å²) >= 11 is 1.21. The first-order valence-corrected chi connectivity index (χ1v) is 11.1. The Labute approximate surface area is 194 Å². The monoisotopic (exact) mass is 467 g/mol. The van der Waals surface area contributed by atoms with Gasteiger partial charge in [-0.15, -0.1) is 11.3 Å². The SMILES string of the molecule is CCOC(=O)c1sc(-c2ccccc2)cc1NC(=O)COC(=O)[C@H]1COc2ccccc2O1. The third-order valence-electron chi connectivity index (χ3n) is 4.64. The number of ether oxygens (including phenoxy) is 4. The number of hydrogen-bond donors (Lipinski definition) is 1. The maximum atomic E-state index is 12.5. The van der Waals surface area contributed by atoms with Gasteiger partial charge in [0.1, 0.15) is 11.5 Å². The van der Waals surface area contributed by atoms with E-state index in [0.29, 0.717) is 17.2 Å². The number of para-hydroxylation sites is 2. The van der Waals surface area contributed by atoms with Gasteiger partial charge in [-0.05, 0) is 30.7 Å². The quantitative estimate of drug-likeness (QED) is 0.526. The minimum absolute atomic E-state index is 0.0184. The van der Waals surface area contributed by atoms with Gasteiger partial charge in [0.05, 0.1) is 12.3 Å². The molecule has 0 fully saturated rings. The summed E-state index contributed by atoms with van der Waals surface area (Å²) in [5, 5.41) is 2.64. The Hall–Kier alpha value is -3.85. The lowest BCUT2D eigenvalue weighted by molar-refractivity contribution is -0.156. The van der Waals surface area contributed by atoms with Gasteiger partial charge in [-0.1, -0.05) is 42.5 Å². The fraction of sp³-hybridized carbons (Fsp3) is 0.208. The highest BCUT2D eigenvalue weighted by Gasteiger charge is 2.29. The Morgan fingerprint density at radius 3 is 2.52 bits per heavy atom. The van der Waals surface area contributed by atoms with Crippen LogP contribution in [0.15, 0.2) is 60.7 Å². The molecule has 1 amide bonds. The molecular formula is C24H21NO7S. The predicted octanol–water partition coefficient (Wildman–Crippen LogP) is 3.91. The molecular weight excluding hydrogens is 446 g/mol. The summed E-state index contributed by atoms with van der Waals surface area (Å²) in [5.41, 5.74) is 1.19. The molecule has 2 aromatic carbocycles. The molecule has 1 atom stereocenters. The van der Waals surface area contributed by atoms with Crippen LogP contribution in [-0.4, -0.2) is 43.8 Å². The van der Waals surface area contributed by atoms with Gasteiger partial charge < -0.3 is 24.3 Å². The van der Waals surface area contributed by atoms with Gasteiger partial charge in [0.15, 0.2) is 18.1 Å². The van der Waals surface area contributed by atoms with Crippen LogP contribution in [0.5, 0.6) is 11.5 Å². The van der Waals surface area contributed by atoms with Crippen molar-refractivity contribution in [3.63, 3.8) is 0 Å². The van der Waals surface area contributed by atoms with Crippen LogP contribution in [-0.2, 0) is 19.1 Å². The van der Waals surface area contributed by atoms with Crippen molar-refractivity contribution in [2.24, 2.45) is 0 Å². The summed E-state index contributed by atoms with van der Waals surface area (Å²) in [6.07, 6.45) is -0.978. The van der Waals surface area contributed by atoms with Crippen LogP contribution >= 0.6 is 11.3 Å². The maximum Gasteiger partial charge on any atom is 0.351 e. The number of carbonyl (C=O) groups excluding carboxylic acids is 3. The molecule has 2 heterocycles. The van der Waals surface area contributed by atoms with Crippen LogP contribution in [0.3, 0.4) is 0 Å². The minimum atomic E-state index is -0.978. The molecule has 9 heteroatoms. The van der Waals surface area contributed by atoms with Crippen molar-refractivity contribution in [3.05, 3.63) is 65.5 Å².